The summed E-state index contributed by atoms with van der Waals surface area (Å²) in [5.74, 6) is 0.175. The summed E-state index contributed by atoms with van der Waals surface area (Å²) < 4.78 is 0. The Hall–Kier alpha value is -1.84. The van der Waals surface area contributed by atoms with E-state index in [0.29, 0.717) is 6.42 Å². The second kappa shape index (κ2) is 9.59. The third kappa shape index (κ3) is 5.32. The molecule has 1 aliphatic heterocycles. The Labute approximate surface area is 157 Å². The molecular weight excluding hydrogens is 332 g/mol. The van der Waals surface area contributed by atoms with Gasteiger partial charge >= 0.3 is 0 Å². The third-order valence-corrected chi connectivity index (χ3v) is 4.87. The molecule has 2 aromatic rings. The maximum Gasteiger partial charge on any atom is 0.227 e. The fourth-order valence-corrected chi connectivity index (χ4v) is 3.41. The molecule has 1 saturated heterocycles. The van der Waals surface area contributed by atoms with Crippen molar-refractivity contribution in [3.05, 3.63) is 71.8 Å². The summed E-state index contributed by atoms with van der Waals surface area (Å²) in [5, 5.41) is 0. The Bertz CT molecular complexity index is 641. The van der Waals surface area contributed by atoms with Crippen molar-refractivity contribution in [2.24, 2.45) is 0 Å². The standard InChI is InChI=1S/C21H26N2O.ClH/c1-22(21(24)16-18-10-4-2-5-11-18)20(17-23-14-8-9-15-23)19-12-6-3-7-13-19;/h2-7,10-13,20H,8-9,14-17H2,1H3;1H/t20-;/m1./s1. The van der Waals surface area contributed by atoms with Gasteiger partial charge < -0.3 is 9.80 Å². The van der Waals surface area contributed by atoms with Gasteiger partial charge in [0.2, 0.25) is 5.91 Å². The molecule has 0 unspecified atom stereocenters. The second-order valence-corrected chi connectivity index (χ2v) is 6.60. The normalized spacial score (nSPS) is 15.4. The van der Waals surface area contributed by atoms with Crippen LogP contribution in [0.15, 0.2) is 60.7 Å². The fraction of sp³-hybridized carbons (Fsp3) is 0.381. The van der Waals surface area contributed by atoms with Crippen LogP contribution in [0.5, 0.6) is 0 Å². The maximum absolute atomic E-state index is 12.8. The number of rotatable bonds is 6. The average Bonchev–Trinajstić information content (AvgIpc) is 3.14. The van der Waals surface area contributed by atoms with Crippen molar-refractivity contribution in [1.29, 1.82) is 0 Å². The van der Waals surface area contributed by atoms with Gasteiger partial charge in [0.1, 0.15) is 0 Å². The first-order valence-corrected chi connectivity index (χ1v) is 8.81. The number of carbonyl (C=O) groups excluding carboxylic acids is 1. The number of hydrogen-bond donors (Lipinski definition) is 0. The zero-order valence-electron chi connectivity index (χ0n) is 14.8. The van der Waals surface area contributed by atoms with Gasteiger partial charge in [0.15, 0.2) is 0 Å². The minimum atomic E-state index is 0. The molecule has 0 spiro atoms. The summed E-state index contributed by atoms with van der Waals surface area (Å²) in [4.78, 5) is 17.2. The molecule has 1 heterocycles. The highest BCUT2D eigenvalue weighted by atomic mass is 35.5. The van der Waals surface area contributed by atoms with E-state index in [1.807, 2.05) is 48.3 Å². The molecule has 1 atom stereocenters. The van der Waals surface area contributed by atoms with E-state index < -0.39 is 0 Å². The van der Waals surface area contributed by atoms with E-state index in [1.165, 1.54) is 18.4 Å². The van der Waals surface area contributed by atoms with Crippen molar-refractivity contribution in [3.63, 3.8) is 0 Å². The molecule has 134 valence electrons. The number of nitrogens with zero attached hydrogens (tertiary/aromatic N) is 2. The van der Waals surface area contributed by atoms with E-state index >= 15 is 0 Å². The molecule has 0 radical (unpaired) electrons. The first-order chi connectivity index (χ1) is 11.7. The minimum absolute atomic E-state index is 0. The highest BCUT2D eigenvalue weighted by Crippen LogP contribution is 2.23. The van der Waals surface area contributed by atoms with Crippen molar-refractivity contribution in [3.8, 4) is 0 Å². The highest BCUT2D eigenvalue weighted by molar-refractivity contribution is 5.85. The van der Waals surface area contributed by atoms with Crippen LogP contribution in [-0.4, -0.2) is 42.4 Å². The van der Waals surface area contributed by atoms with E-state index in [4.69, 9.17) is 0 Å². The average molecular weight is 359 g/mol. The Kier molecular flexibility index (Phi) is 7.48. The van der Waals surface area contributed by atoms with Crippen LogP contribution in [0.3, 0.4) is 0 Å². The Morgan fingerprint density at radius 3 is 2.16 bits per heavy atom. The largest absolute Gasteiger partial charge is 0.337 e. The summed E-state index contributed by atoms with van der Waals surface area (Å²) >= 11 is 0. The molecule has 3 nitrogen and oxygen atoms in total. The summed E-state index contributed by atoms with van der Waals surface area (Å²) in [6.45, 7) is 3.20. The molecule has 3 rings (SSSR count). The van der Waals surface area contributed by atoms with Crippen LogP contribution in [0.1, 0.15) is 30.0 Å². The van der Waals surface area contributed by atoms with Crippen molar-refractivity contribution in [1.82, 2.24) is 9.80 Å². The summed E-state index contributed by atoms with van der Waals surface area (Å²) in [6.07, 6.45) is 2.99. The van der Waals surface area contributed by atoms with E-state index in [1.54, 1.807) is 0 Å². The van der Waals surface area contributed by atoms with Gasteiger partial charge in [0.05, 0.1) is 12.5 Å². The lowest BCUT2D eigenvalue weighted by atomic mass is 10.0. The molecule has 1 fully saturated rings. The van der Waals surface area contributed by atoms with Gasteiger partial charge in [-0.2, -0.15) is 0 Å². The number of amides is 1. The van der Waals surface area contributed by atoms with Gasteiger partial charge in [0.25, 0.3) is 0 Å². The van der Waals surface area contributed by atoms with E-state index in [9.17, 15) is 4.79 Å². The lowest BCUT2D eigenvalue weighted by molar-refractivity contribution is -0.131. The predicted molar refractivity (Wildman–Crippen MR) is 105 cm³/mol. The summed E-state index contributed by atoms with van der Waals surface area (Å²) in [7, 11) is 1.94. The zero-order chi connectivity index (χ0) is 16.8. The number of hydrogen-bond acceptors (Lipinski definition) is 2. The monoisotopic (exact) mass is 358 g/mol. The molecule has 0 saturated carbocycles. The van der Waals surface area contributed by atoms with Crippen molar-refractivity contribution < 1.29 is 4.79 Å². The Morgan fingerprint density at radius 1 is 1.00 bits per heavy atom. The first-order valence-electron chi connectivity index (χ1n) is 8.81. The molecule has 0 bridgehead atoms. The number of likely N-dealkylation sites (tertiary alicyclic amines) is 1. The summed E-state index contributed by atoms with van der Waals surface area (Å²) in [5.41, 5.74) is 2.29. The first kappa shape index (κ1) is 19.5. The number of benzene rings is 2. The van der Waals surface area contributed by atoms with Crippen molar-refractivity contribution in [2.75, 3.05) is 26.7 Å². The molecule has 2 aromatic carbocycles. The van der Waals surface area contributed by atoms with E-state index in [-0.39, 0.29) is 24.4 Å². The van der Waals surface area contributed by atoms with Gasteiger partial charge in [-0.15, -0.1) is 12.4 Å². The van der Waals surface area contributed by atoms with Crippen LogP contribution in [0.25, 0.3) is 0 Å². The fourth-order valence-electron chi connectivity index (χ4n) is 3.41. The zero-order valence-corrected chi connectivity index (χ0v) is 15.6. The van der Waals surface area contributed by atoms with Crippen LogP contribution in [0.2, 0.25) is 0 Å². The molecule has 4 heteroatoms. The molecule has 0 aliphatic carbocycles. The van der Waals surface area contributed by atoms with Crippen LogP contribution >= 0.6 is 12.4 Å². The molecule has 1 aliphatic rings. The topological polar surface area (TPSA) is 23.6 Å². The Balaban J connectivity index is 0.00000225. The Morgan fingerprint density at radius 2 is 1.56 bits per heavy atom. The molecule has 1 amide bonds. The van der Waals surface area contributed by atoms with Crippen LogP contribution in [0, 0.1) is 0 Å². The van der Waals surface area contributed by atoms with Crippen LogP contribution in [-0.2, 0) is 11.2 Å². The van der Waals surface area contributed by atoms with Gasteiger partial charge in [-0.1, -0.05) is 60.7 Å². The molecule has 0 aromatic heterocycles. The quantitative estimate of drug-likeness (QED) is 0.780. The number of carbonyl (C=O) groups is 1. The minimum Gasteiger partial charge on any atom is -0.337 e. The molecule has 25 heavy (non-hydrogen) atoms. The van der Waals surface area contributed by atoms with Crippen LogP contribution < -0.4 is 0 Å². The third-order valence-electron chi connectivity index (χ3n) is 4.87. The summed E-state index contributed by atoms with van der Waals surface area (Å²) in [6, 6.07) is 20.5. The predicted octanol–water partition coefficient (Wildman–Crippen LogP) is 3.95. The van der Waals surface area contributed by atoms with Crippen LogP contribution in [0.4, 0.5) is 0 Å². The van der Waals surface area contributed by atoms with E-state index in [0.717, 1.165) is 25.2 Å². The van der Waals surface area contributed by atoms with Gasteiger partial charge in [0, 0.05) is 13.6 Å². The lowest BCUT2D eigenvalue weighted by Crippen LogP contribution is -2.39. The number of halogens is 1. The highest BCUT2D eigenvalue weighted by Gasteiger charge is 2.25. The van der Waals surface area contributed by atoms with Crippen molar-refractivity contribution in [2.45, 2.75) is 25.3 Å². The van der Waals surface area contributed by atoms with Crippen molar-refractivity contribution >= 4 is 18.3 Å². The number of likely N-dealkylation sites (N-methyl/N-ethyl adjacent to an activating group) is 1. The molecule has 0 N–H and O–H groups in total. The van der Waals surface area contributed by atoms with E-state index in [2.05, 4.69) is 29.2 Å². The van der Waals surface area contributed by atoms with Gasteiger partial charge in [-0.05, 0) is 37.1 Å². The maximum atomic E-state index is 12.8. The smallest absolute Gasteiger partial charge is 0.227 e. The SMILES string of the molecule is CN(C(=O)Cc1ccccc1)[C@H](CN1CCCC1)c1ccccc1.Cl. The second-order valence-electron chi connectivity index (χ2n) is 6.60. The molecular formula is C21H27ClN2O. The lowest BCUT2D eigenvalue weighted by Gasteiger charge is -2.32. The van der Waals surface area contributed by atoms with Gasteiger partial charge in [-0.3, -0.25) is 4.79 Å². The van der Waals surface area contributed by atoms with Gasteiger partial charge in [-0.25, -0.2) is 0 Å².